The predicted octanol–water partition coefficient (Wildman–Crippen LogP) is 4.14. The fraction of sp³-hybridized carbons (Fsp3) is 1.00. The topological polar surface area (TPSA) is 13.0 Å². The Labute approximate surface area is 145 Å². The van der Waals surface area contributed by atoms with Crippen molar-refractivity contribution in [2.24, 2.45) is 0 Å². The number of halogens is 1. The SMILES string of the molecule is CCN(CC)P(Br)(N1CCCC1)(N1CCCC1)N1CCCC1. The molecule has 0 aromatic rings. The van der Waals surface area contributed by atoms with E-state index in [-0.39, 0.29) is 0 Å². The number of hydrogen-bond acceptors (Lipinski definition) is 4. The third-order valence-corrected chi connectivity index (χ3v) is 17.0. The van der Waals surface area contributed by atoms with E-state index in [1.807, 2.05) is 0 Å². The van der Waals surface area contributed by atoms with Crippen molar-refractivity contribution in [1.82, 2.24) is 18.7 Å². The number of rotatable bonds is 6. The van der Waals surface area contributed by atoms with Gasteiger partial charge in [-0.2, -0.15) is 0 Å². The molecule has 4 nitrogen and oxygen atoms in total. The number of nitrogens with zero attached hydrogens (tertiary/aromatic N) is 4. The number of hydrogen-bond donors (Lipinski definition) is 0. The van der Waals surface area contributed by atoms with Crippen LogP contribution in [0.3, 0.4) is 0 Å². The summed E-state index contributed by atoms with van der Waals surface area (Å²) >= 11 is 4.59. The Hall–Kier alpha value is 0.750. The molecule has 3 fully saturated rings. The molecule has 0 spiro atoms. The summed E-state index contributed by atoms with van der Waals surface area (Å²) in [6.45, 7) is 14.6. The van der Waals surface area contributed by atoms with Gasteiger partial charge in [0.2, 0.25) is 0 Å². The summed E-state index contributed by atoms with van der Waals surface area (Å²) in [6, 6.07) is 0. The van der Waals surface area contributed by atoms with Crippen LogP contribution in [-0.2, 0) is 0 Å². The van der Waals surface area contributed by atoms with E-state index < -0.39 is 5.91 Å². The van der Waals surface area contributed by atoms with E-state index in [1.165, 1.54) is 77.8 Å². The molecule has 130 valence electrons. The minimum atomic E-state index is -2.49. The first-order valence-electron chi connectivity index (χ1n) is 9.41. The third-order valence-electron chi connectivity index (χ3n) is 5.92. The van der Waals surface area contributed by atoms with Crippen LogP contribution in [0.15, 0.2) is 0 Å². The van der Waals surface area contributed by atoms with Crippen molar-refractivity contribution >= 4 is 21.4 Å². The van der Waals surface area contributed by atoms with Crippen LogP contribution in [0.5, 0.6) is 0 Å². The van der Waals surface area contributed by atoms with Crippen LogP contribution >= 0.6 is 21.4 Å². The van der Waals surface area contributed by atoms with Crippen LogP contribution in [0.1, 0.15) is 52.4 Å². The molecule has 0 bridgehead atoms. The van der Waals surface area contributed by atoms with Crippen molar-refractivity contribution in [1.29, 1.82) is 0 Å². The van der Waals surface area contributed by atoms with Crippen molar-refractivity contribution in [2.75, 3.05) is 52.4 Å². The fourth-order valence-corrected chi connectivity index (χ4v) is 15.1. The average Bonchev–Trinajstić information content (AvgIpc) is 3.31. The third kappa shape index (κ3) is 2.43. The Bertz CT molecular complexity index is 320. The molecule has 0 unspecified atom stereocenters. The first-order chi connectivity index (χ1) is 10.7. The molecule has 3 aliphatic rings. The molecule has 0 saturated carbocycles. The van der Waals surface area contributed by atoms with Gasteiger partial charge >= 0.3 is 145 Å². The van der Waals surface area contributed by atoms with Crippen molar-refractivity contribution in [2.45, 2.75) is 52.4 Å². The minimum absolute atomic E-state index is 1.14. The standard InChI is InChI=1S/C16H34BrN4P/c1-3-18(4-2)22(17,19-11-5-6-12-19,20-13-7-8-14-20)21-15-9-10-16-21/h3-16H2,1-2H3. The van der Waals surface area contributed by atoms with Gasteiger partial charge in [-0.3, -0.25) is 0 Å². The molecule has 0 atom stereocenters. The van der Waals surface area contributed by atoms with Gasteiger partial charge in [0.15, 0.2) is 0 Å². The van der Waals surface area contributed by atoms with E-state index in [0.29, 0.717) is 0 Å². The molecule has 3 aliphatic heterocycles. The van der Waals surface area contributed by atoms with Gasteiger partial charge in [-0.25, -0.2) is 0 Å². The quantitative estimate of drug-likeness (QED) is 0.629. The molecule has 0 radical (unpaired) electrons. The summed E-state index contributed by atoms with van der Waals surface area (Å²) in [4.78, 5) is 0. The van der Waals surface area contributed by atoms with Crippen molar-refractivity contribution in [3.8, 4) is 0 Å². The van der Waals surface area contributed by atoms with E-state index in [9.17, 15) is 0 Å². The van der Waals surface area contributed by atoms with E-state index in [2.05, 4.69) is 48.0 Å². The zero-order valence-corrected chi connectivity index (χ0v) is 17.0. The molecular weight excluding hydrogens is 359 g/mol. The molecule has 6 heteroatoms. The van der Waals surface area contributed by atoms with Crippen LogP contribution < -0.4 is 0 Å². The van der Waals surface area contributed by atoms with E-state index in [0.717, 1.165) is 13.1 Å². The average molecular weight is 393 g/mol. The Morgan fingerprint density at radius 2 is 0.955 bits per heavy atom. The van der Waals surface area contributed by atoms with Crippen LogP contribution in [0.25, 0.3) is 0 Å². The first kappa shape index (κ1) is 17.6. The van der Waals surface area contributed by atoms with Gasteiger partial charge in [-0.05, 0) is 0 Å². The summed E-state index contributed by atoms with van der Waals surface area (Å²) < 4.78 is 11.5. The predicted molar refractivity (Wildman–Crippen MR) is 101 cm³/mol. The van der Waals surface area contributed by atoms with Gasteiger partial charge < -0.3 is 0 Å². The molecule has 0 amide bonds. The summed E-state index contributed by atoms with van der Waals surface area (Å²) in [5.41, 5.74) is 0. The maximum atomic E-state index is 4.59. The second-order valence-electron chi connectivity index (χ2n) is 6.96. The molecule has 0 aromatic carbocycles. The van der Waals surface area contributed by atoms with Gasteiger partial charge in [0.25, 0.3) is 0 Å². The van der Waals surface area contributed by atoms with Crippen molar-refractivity contribution < 1.29 is 0 Å². The van der Waals surface area contributed by atoms with E-state index >= 15 is 0 Å². The Morgan fingerprint density at radius 3 is 1.18 bits per heavy atom. The first-order valence-corrected chi connectivity index (χ1v) is 13.5. The van der Waals surface area contributed by atoms with Crippen molar-refractivity contribution in [3.05, 3.63) is 0 Å². The van der Waals surface area contributed by atoms with E-state index in [1.54, 1.807) is 0 Å². The Kier molecular flexibility index (Phi) is 5.54. The molecule has 3 saturated heterocycles. The molecule has 0 N–H and O–H groups in total. The molecule has 22 heavy (non-hydrogen) atoms. The monoisotopic (exact) mass is 392 g/mol. The zero-order valence-electron chi connectivity index (χ0n) is 14.5. The van der Waals surface area contributed by atoms with Gasteiger partial charge in [0.05, 0.1) is 0 Å². The molecule has 3 heterocycles. The van der Waals surface area contributed by atoms with Crippen LogP contribution in [0, 0.1) is 0 Å². The van der Waals surface area contributed by atoms with Crippen LogP contribution in [0.4, 0.5) is 0 Å². The Balaban J connectivity index is 2.10. The summed E-state index contributed by atoms with van der Waals surface area (Å²) in [6.07, 6.45) is 8.21. The maximum absolute atomic E-state index is 4.59. The zero-order chi connectivity index (χ0) is 15.7. The molecule has 3 rings (SSSR count). The van der Waals surface area contributed by atoms with Crippen LogP contribution in [-0.4, -0.2) is 71.0 Å². The molecule has 0 aromatic heterocycles. The van der Waals surface area contributed by atoms with Gasteiger partial charge in [-0.1, -0.05) is 0 Å². The van der Waals surface area contributed by atoms with Gasteiger partial charge in [0, 0.05) is 0 Å². The van der Waals surface area contributed by atoms with Gasteiger partial charge in [0.1, 0.15) is 0 Å². The van der Waals surface area contributed by atoms with Crippen LogP contribution in [0.2, 0.25) is 0 Å². The van der Waals surface area contributed by atoms with Gasteiger partial charge in [-0.15, -0.1) is 0 Å². The summed E-state index contributed by atoms with van der Waals surface area (Å²) in [5, 5.41) is 0. The second-order valence-corrected chi connectivity index (χ2v) is 14.7. The van der Waals surface area contributed by atoms with Crippen molar-refractivity contribution in [3.63, 3.8) is 0 Å². The summed E-state index contributed by atoms with van der Waals surface area (Å²) in [7, 11) is 0. The normalized spacial score (nSPS) is 27.7. The molecule has 0 aliphatic carbocycles. The fourth-order valence-electron chi connectivity index (χ4n) is 4.92. The Morgan fingerprint density at radius 1 is 0.682 bits per heavy atom. The second kappa shape index (κ2) is 6.93. The molecular formula is C16H34BrN4P. The summed E-state index contributed by atoms with van der Waals surface area (Å²) in [5.74, 6) is -2.49. The van der Waals surface area contributed by atoms with E-state index in [4.69, 9.17) is 0 Å².